The summed E-state index contributed by atoms with van der Waals surface area (Å²) in [6.07, 6.45) is 0.987. The number of halogens is 1. The van der Waals surface area contributed by atoms with Crippen molar-refractivity contribution in [3.05, 3.63) is 71.8 Å². The molecule has 2 heterocycles. The van der Waals surface area contributed by atoms with E-state index in [1.54, 1.807) is 0 Å². The average molecular weight is 383 g/mol. The van der Waals surface area contributed by atoms with E-state index >= 15 is 0 Å². The van der Waals surface area contributed by atoms with Gasteiger partial charge in [-0.25, -0.2) is 0 Å². The topological polar surface area (TPSA) is 45.3 Å². The molecule has 5 heteroatoms. The number of aldehydes is 1. The highest BCUT2D eigenvalue weighted by Gasteiger charge is 2.22. The van der Waals surface area contributed by atoms with Gasteiger partial charge in [0, 0.05) is 30.8 Å². The number of nitrogens with one attached hydrogen (secondary N) is 1. The molecule has 0 radical (unpaired) electrons. The zero-order chi connectivity index (χ0) is 17.8. The van der Waals surface area contributed by atoms with Gasteiger partial charge in [0.15, 0.2) is 6.29 Å². The first-order valence-electron chi connectivity index (χ1n) is 8.98. The van der Waals surface area contributed by atoms with E-state index in [4.69, 9.17) is 4.74 Å². The Balaban J connectivity index is 0.00000210. The summed E-state index contributed by atoms with van der Waals surface area (Å²) in [5.41, 5.74) is 5.86. The van der Waals surface area contributed by atoms with Crippen molar-refractivity contribution in [2.45, 2.75) is 6.54 Å². The molecule has 0 unspecified atom stereocenters. The highest BCUT2D eigenvalue weighted by Crippen LogP contribution is 2.34. The highest BCUT2D eigenvalue weighted by molar-refractivity contribution is 5.92. The van der Waals surface area contributed by atoms with Gasteiger partial charge in [-0.05, 0) is 11.1 Å². The maximum absolute atomic E-state index is 12.0. The minimum Gasteiger partial charge on any atom is -0.379 e. The number of aromatic amines is 1. The number of carbonyl (C=O) groups is 1. The third-order valence-corrected chi connectivity index (χ3v) is 4.87. The lowest BCUT2D eigenvalue weighted by Crippen LogP contribution is -2.35. The van der Waals surface area contributed by atoms with Crippen LogP contribution in [0.2, 0.25) is 0 Å². The number of ether oxygens (including phenoxy) is 1. The van der Waals surface area contributed by atoms with E-state index in [1.165, 1.54) is 0 Å². The SMILES string of the molecule is Cl.O=Cc1c(-c2ccccc2)[nH]c(-c2ccccc2)c1CN1CCOCC1. The van der Waals surface area contributed by atoms with E-state index in [0.717, 1.165) is 72.8 Å². The fourth-order valence-electron chi connectivity index (χ4n) is 3.51. The summed E-state index contributed by atoms with van der Waals surface area (Å²) in [6.45, 7) is 4.00. The molecule has 4 nitrogen and oxygen atoms in total. The molecule has 0 atom stereocenters. The maximum atomic E-state index is 12.0. The molecule has 0 bridgehead atoms. The molecule has 4 rings (SSSR count). The smallest absolute Gasteiger partial charge is 0.152 e. The Labute approximate surface area is 165 Å². The van der Waals surface area contributed by atoms with Gasteiger partial charge in [-0.3, -0.25) is 9.69 Å². The molecule has 1 aromatic heterocycles. The summed E-state index contributed by atoms with van der Waals surface area (Å²) in [6, 6.07) is 20.3. The fourth-order valence-corrected chi connectivity index (χ4v) is 3.51. The molecule has 0 saturated carbocycles. The first kappa shape index (κ1) is 19.4. The number of benzene rings is 2. The molecule has 3 aromatic rings. The van der Waals surface area contributed by atoms with Crippen LogP contribution in [0, 0.1) is 0 Å². The van der Waals surface area contributed by atoms with E-state index in [1.807, 2.05) is 48.5 Å². The molecule has 140 valence electrons. The minimum absolute atomic E-state index is 0. The molecular formula is C22H23ClN2O2. The molecule has 0 aliphatic carbocycles. The maximum Gasteiger partial charge on any atom is 0.152 e. The Kier molecular flexibility index (Phi) is 6.45. The summed E-state index contributed by atoms with van der Waals surface area (Å²) in [5, 5.41) is 0. The van der Waals surface area contributed by atoms with Crippen molar-refractivity contribution in [1.82, 2.24) is 9.88 Å². The first-order valence-corrected chi connectivity index (χ1v) is 8.98. The van der Waals surface area contributed by atoms with Gasteiger partial charge in [-0.1, -0.05) is 60.7 Å². The number of morpholine rings is 1. The van der Waals surface area contributed by atoms with E-state index < -0.39 is 0 Å². The number of rotatable bonds is 5. The Bertz CT molecular complexity index is 872. The van der Waals surface area contributed by atoms with E-state index in [-0.39, 0.29) is 12.4 Å². The summed E-state index contributed by atoms with van der Waals surface area (Å²) in [7, 11) is 0. The van der Waals surface area contributed by atoms with Gasteiger partial charge < -0.3 is 9.72 Å². The molecular weight excluding hydrogens is 360 g/mol. The summed E-state index contributed by atoms with van der Waals surface area (Å²) >= 11 is 0. The highest BCUT2D eigenvalue weighted by atomic mass is 35.5. The van der Waals surface area contributed by atoms with Gasteiger partial charge in [-0.2, -0.15) is 0 Å². The van der Waals surface area contributed by atoms with Crippen LogP contribution in [0.25, 0.3) is 22.5 Å². The molecule has 1 saturated heterocycles. The van der Waals surface area contributed by atoms with Crippen molar-refractivity contribution in [2.75, 3.05) is 26.3 Å². The van der Waals surface area contributed by atoms with E-state index in [0.29, 0.717) is 0 Å². The van der Waals surface area contributed by atoms with Crippen molar-refractivity contribution in [2.24, 2.45) is 0 Å². The van der Waals surface area contributed by atoms with Crippen molar-refractivity contribution < 1.29 is 9.53 Å². The molecule has 1 aliphatic heterocycles. The standard InChI is InChI=1S/C22H22N2O2.ClH/c25-16-20-19(15-24-11-13-26-14-12-24)21(17-7-3-1-4-8-17)23-22(20)18-9-5-2-6-10-18;/h1-10,16,23H,11-15H2;1H. The number of nitrogens with zero attached hydrogens (tertiary/aromatic N) is 1. The number of hydrogen-bond donors (Lipinski definition) is 1. The van der Waals surface area contributed by atoms with Crippen LogP contribution in [-0.4, -0.2) is 42.5 Å². The van der Waals surface area contributed by atoms with Crippen LogP contribution < -0.4 is 0 Å². The van der Waals surface area contributed by atoms with Crippen molar-refractivity contribution in [3.8, 4) is 22.5 Å². The molecule has 27 heavy (non-hydrogen) atoms. The van der Waals surface area contributed by atoms with Crippen LogP contribution in [-0.2, 0) is 11.3 Å². The van der Waals surface area contributed by atoms with Crippen LogP contribution in [0.5, 0.6) is 0 Å². The van der Waals surface area contributed by atoms with Crippen molar-refractivity contribution in [1.29, 1.82) is 0 Å². The Hall–Kier alpha value is -2.40. The molecule has 1 aliphatic rings. The average Bonchev–Trinajstić information content (AvgIpc) is 3.08. The largest absolute Gasteiger partial charge is 0.379 e. The normalized spacial score (nSPS) is 14.5. The van der Waals surface area contributed by atoms with Gasteiger partial charge >= 0.3 is 0 Å². The second kappa shape index (κ2) is 9.00. The number of hydrogen-bond acceptors (Lipinski definition) is 3. The predicted molar refractivity (Wildman–Crippen MR) is 110 cm³/mol. The predicted octanol–water partition coefficient (Wildman–Crippen LogP) is 4.42. The Morgan fingerprint density at radius 1 is 0.889 bits per heavy atom. The lowest BCUT2D eigenvalue weighted by Gasteiger charge is -2.27. The monoisotopic (exact) mass is 382 g/mol. The zero-order valence-corrected chi connectivity index (χ0v) is 15.9. The summed E-state index contributed by atoms with van der Waals surface area (Å²) in [5.74, 6) is 0. The van der Waals surface area contributed by atoms with Crippen molar-refractivity contribution >= 4 is 18.7 Å². The first-order chi connectivity index (χ1) is 12.9. The van der Waals surface area contributed by atoms with Gasteiger partial charge in [0.2, 0.25) is 0 Å². The summed E-state index contributed by atoms with van der Waals surface area (Å²) in [4.78, 5) is 17.9. The van der Waals surface area contributed by atoms with Gasteiger partial charge in [0.05, 0.1) is 24.6 Å². The van der Waals surface area contributed by atoms with Gasteiger partial charge in [-0.15, -0.1) is 12.4 Å². The fraction of sp³-hybridized carbons (Fsp3) is 0.227. The Morgan fingerprint density at radius 3 is 2.00 bits per heavy atom. The van der Waals surface area contributed by atoms with Crippen LogP contribution in [0.15, 0.2) is 60.7 Å². The number of H-pyrrole nitrogens is 1. The molecule has 0 spiro atoms. The minimum atomic E-state index is 0. The Morgan fingerprint density at radius 2 is 1.44 bits per heavy atom. The summed E-state index contributed by atoms with van der Waals surface area (Å²) < 4.78 is 5.46. The van der Waals surface area contributed by atoms with Crippen LogP contribution >= 0.6 is 12.4 Å². The molecule has 1 fully saturated rings. The molecule has 0 amide bonds. The van der Waals surface area contributed by atoms with Gasteiger partial charge in [0.1, 0.15) is 0 Å². The van der Waals surface area contributed by atoms with Crippen LogP contribution in [0.1, 0.15) is 15.9 Å². The second-order valence-electron chi connectivity index (χ2n) is 6.51. The second-order valence-corrected chi connectivity index (χ2v) is 6.51. The third-order valence-electron chi connectivity index (χ3n) is 4.87. The lowest BCUT2D eigenvalue weighted by atomic mass is 10.0. The van der Waals surface area contributed by atoms with E-state index in [2.05, 4.69) is 22.0 Å². The zero-order valence-electron chi connectivity index (χ0n) is 15.1. The van der Waals surface area contributed by atoms with Gasteiger partial charge in [0.25, 0.3) is 0 Å². The quantitative estimate of drug-likeness (QED) is 0.664. The third kappa shape index (κ3) is 4.14. The molecule has 1 N–H and O–H groups in total. The van der Waals surface area contributed by atoms with Crippen molar-refractivity contribution in [3.63, 3.8) is 0 Å². The number of carbonyl (C=O) groups excluding carboxylic acids is 1. The van der Waals surface area contributed by atoms with E-state index in [9.17, 15) is 4.79 Å². The van der Waals surface area contributed by atoms with Crippen LogP contribution in [0.4, 0.5) is 0 Å². The molecule has 2 aromatic carbocycles. The number of aromatic nitrogens is 1. The van der Waals surface area contributed by atoms with Crippen LogP contribution in [0.3, 0.4) is 0 Å². The lowest BCUT2D eigenvalue weighted by molar-refractivity contribution is 0.0342.